The van der Waals surface area contributed by atoms with Crippen LogP contribution in [0.25, 0.3) is 10.9 Å². The van der Waals surface area contributed by atoms with E-state index in [-0.39, 0.29) is 17.2 Å². The molecule has 0 fully saturated rings. The van der Waals surface area contributed by atoms with E-state index in [9.17, 15) is 25.0 Å². The fourth-order valence-electron chi connectivity index (χ4n) is 4.32. The van der Waals surface area contributed by atoms with E-state index in [1.807, 2.05) is 6.07 Å². The van der Waals surface area contributed by atoms with Gasteiger partial charge in [0.1, 0.15) is 17.0 Å². The number of nitro benzene ring substituents is 2. The number of hydrogen-bond donors (Lipinski definition) is 1. The average molecular weight is 580 g/mol. The van der Waals surface area contributed by atoms with E-state index in [4.69, 9.17) is 9.15 Å². The van der Waals surface area contributed by atoms with Crippen LogP contribution in [0.3, 0.4) is 0 Å². The Kier molecular flexibility index (Phi) is 6.59. The van der Waals surface area contributed by atoms with Crippen LogP contribution in [0.2, 0.25) is 0 Å². The number of aryl methyl sites for hydroxylation is 1. The number of fused-ring (bicyclic) bond motifs is 2. The number of nitrogens with one attached hydrogen (secondary N) is 1. The van der Waals surface area contributed by atoms with Crippen molar-refractivity contribution in [2.45, 2.75) is 26.2 Å². The van der Waals surface area contributed by atoms with Crippen LogP contribution >= 0.6 is 15.9 Å². The zero-order valence-electron chi connectivity index (χ0n) is 19.8. The standard InChI is InChI=1S/C25H18BrN5O7/c1-13-22-18(29-28-17-9-7-14(30(33)34)12-19(17)31(35)36)5-2-6-20(22)37-24(13)25(32)38-21-10-8-16(26)15-4-3-11-27-23(15)21/h3-4,7-12,28H,2,5-6H2,1H3/b29-18+. The number of pyridine rings is 1. The average Bonchev–Trinajstić information content (AvgIpc) is 3.26. The van der Waals surface area contributed by atoms with Gasteiger partial charge in [0.25, 0.3) is 5.69 Å². The summed E-state index contributed by atoms with van der Waals surface area (Å²) in [6.45, 7) is 1.71. The topological polar surface area (TPSA) is 163 Å². The number of ether oxygens (including phenoxy) is 1. The minimum atomic E-state index is -0.723. The Hall–Kier alpha value is -4.65. The number of rotatable bonds is 6. The first-order chi connectivity index (χ1) is 18.2. The zero-order valence-corrected chi connectivity index (χ0v) is 21.4. The van der Waals surface area contributed by atoms with Crippen LogP contribution in [0, 0.1) is 27.2 Å². The van der Waals surface area contributed by atoms with Gasteiger partial charge in [-0.25, -0.2) is 4.79 Å². The van der Waals surface area contributed by atoms with Gasteiger partial charge in [0, 0.05) is 39.7 Å². The Morgan fingerprint density at radius 1 is 1.16 bits per heavy atom. The molecule has 0 atom stereocenters. The molecule has 192 valence electrons. The van der Waals surface area contributed by atoms with E-state index >= 15 is 0 Å². The predicted octanol–water partition coefficient (Wildman–Crippen LogP) is 6.09. The smallest absolute Gasteiger partial charge is 0.380 e. The maximum atomic E-state index is 13.1. The van der Waals surface area contributed by atoms with Gasteiger partial charge in [-0.05, 0) is 44.0 Å². The molecule has 2 heterocycles. The second kappa shape index (κ2) is 10.0. The number of nitro groups is 2. The molecule has 0 aliphatic heterocycles. The van der Waals surface area contributed by atoms with Crippen LogP contribution < -0.4 is 10.2 Å². The minimum absolute atomic E-state index is 0.00405. The number of benzene rings is 2. The van der Waals surface area contributed by atoms with Crippen LogP contribution in [-0.2, 0) is 6.42 Å². The van der Waals surface area contributed by atoms with Gasteiger partial charge in [0.15, 0.2) is 5.75 Å². The normalized spacial score (nSPS) is 13.8. The molecule has 1 aliphatic carbocycles. The molecule has 12 nitrogen and oxygen atoms in total. The lowest BCUT2D eigenvalue weighted by Crippen LogP contribution is -2.14. The molecular weight excluding hydrogens is 562 g/mol. The van der Waals surface area contributed by atoms with Crippen LogP contribution in [0.15, 0.2) is 62.7 Å². The highest BCUT2D eigenvalue weighted by atomic mass is 79.9. The molecule has 2 aromatic carbocycles. The highest BCUT2D eigenvalue weighted by Crippen LogP contribution is 2.34. The highest BCUT2D eigenvalue weighted by Gasteiger charge is 2.30. The first-order valence-corrected chi connectivity index (χ1v) is 12.2. The number of carbonyl (C=O) groups is 1. The fraction of sp³-hybridized carbons (Fsp3) is 0.160. The lowest BCUT2D eigenvalue weighted by Gasteiger charge is -2.13. The molecule has 5 rings (SSSR count). The summed E-state index contributed by atoms with van der Waals surface area (Å²) in [5, 5.41) is 27.6. The van der Waals surface area contributed by atoms with Crippen molar-refractivity contribution >= 4 is 55.6 Å². The number of furan rings is 1. The molecule has 1 aliphatic rings. The number of nitrogens with zero attached hydrogens (tertiary/aromatic N) is 4. The summed E-state index contributed by atoms with van der Waals surface area (Å²) in [6.07, 6.45) is 3.38. The number of aromatic nitrogens is 1. The Bertz CT molecular complexity index is 1660. The number of carbonyl (C=O) groups excluding carboxylic acids is 1. The van der Waals surface area contributed by atoms with E-state index in [0.29, 0.717) is 47.4 Å². The van der Waals surface area contributed by atoms with Crippen molar-refractivity contribution < 1.29 is 23.8 Å². The molecule has 38 heavy (non-hydrogen) atoms. The van der Waals surface area contributed by atoms with Crippen molar-refractivity contribution in [1.29, 1.82) is 0 Å². The second-order valence-electron chi connectivity index (χ2n) is 8.43. The van der Waals surface area contributed by atoms with Gasteiger partial charge >= 0.3 is 11.7 Å². The molecule has 2 aromatic heterocycles. The lowest BCUT2D eigenvalue weighted by molar-refractivity contribution is -0.393. The summed E-state index contributed by atoms with van der Waals surface area (Å²) < 4.78 is 12.4. The predicted molar refractivity (Wildman–Crippen MR) is 141 cm³/mol. The third-order valence-corrected chi connectivity index (χ3v) is 6.78. The Morgan fingerprint density at radius 2 is 1.97 bits per heavy atom. The molecule has 0 radical (unpaired) electrons. The number of anilines is 1. The van der Waals surface area contributed by atoms with E-state index in [1.165, 1.54) is 6.07 Å². The molecule has 13 heteroatoms. The van der Waals surface area contributed by atoms with Crippen LogP contribution in [0.4, 0.5) is 17.1 Å². The van der Waals surface area contributed by atoms with E-state index < -0.39 is 27.2 Å². The van der Waals surface area contributed by atoms with Gasteiger partial charge in [-0.1, -0.05) is 22.0 Å². The molecule has 0 bridgehead atoms. The van der Waals surface area contributed by atoms with E-state index in [0.717, 1.165) is 22.0 Å². The maximum Gasteiger partial charge on any atom is 0.380 e. The first-order valence-electron chi connectivity index (χ1n) is 11.4. The molecule has 0 saturated heterocycles. The third kappa shape index (κ3) is 4.59. The molecule has 0 unspecified atom stereocenters. The minimum Gasteiger partial charge on any atom is -0.453 e. The van der Waals surface area contributed by atoms with E-state index in [1.54, 1.807) is 31.3 Å². The molecule has 0 amide bonds. The number of halogens is 1. The first kappa shape index (κ1) is 25.0. The number of hydrazone groups is 1. The molecule has 1 N–H and O–H groups in total. The largest absolute Gasteiger partial charge is 0.453 e. The molecular formula is C25H18BrN5O7. The quantitative estimate of drug-likeness (QED) is 0.123. The summed E-state index contributed by atoms with van der Waals surface area (Å²) in [7, 11) is 0. The lowest BCUT2D eigenvalue weighted by atomic mass is 9.93. The van der Waals surface area contributed by atoms with Crippen molar-refractivity contribution in [3.05, 3.63) is 96.0 Å². The number of esters is 1. The summed E-state index contributed by atoms with van der Waals surface area (Å²) in [4.78, 5) is 38.5. The highest BCUT2D eigenvalue weighted by molar-refractivity contribution is 9.10. The third-order valence-electron chi connectivity index (χ3n) is 6.09. The van der Waals surface area contributed by atoms with Crippen molar-refractivity contribution in [1.82, 2.24) is 4.98 Å². The summed E-state index contributed by atoms with van der Waals surface area (Å²) >= 11 is 3.47. The van der Waals surface area contributed by atoms with Gasteiger partial charge in [0.2, 0.25) is 5.76 Å². The molecule has 0 saturated carbocycles. The Morgan fingerprint density at radius 3 is 2.74 bits per heavy atom. The van der Waals surface area contributed by atoms with Crippen molar-refractivity contribution in [2.75, 3.05) is 5.43 Å². The van der Waals surface area contributed by atoms with Crippen LogP contribution in [-0.4, -0.2) is 26.5 Å². The van der Waals surface area contributed by atoms with Crippen molar-refractivity contribution in [3.63, 3.8) is 0 Å². The molecule has 0 spiro atoms. The van der Waals surface area contributed by atoms with Gasteiger partial charge < -0.3 is 9.15 Å². The Labute approximate surface area is 222 Å². The fourth-order valence-corrected chi connectivity index (χ4v) is 4.77. The molecule has 4 aromatic rings. The van der Waals surface area contributed by atoms with Gasteiger partial charge in [-0.15, -0.1) is 0 Å². The second-order valence-corrected chi connectivity index (χ2v) is 9.28. The van der Waals surface area contributed by atoms with Crippen LogP contribution in [0.1, 0.15) is 40.3 Å². The van der Waals surface area contributed by atoms with Crippen molar-refractivity contribution in [3.8, 4) is 5.75 Å². The van der Waals surface area contributed by atoms with Gasteiger partial charge in [-0.2, -0.15) is 5.10 Å². The summed E-state index contributed by atoms with van der Waals surface area (Å²) in [5.74, 6) is 0.171. The monoisotopic (exact) mass is 579 g/mol. The van der Waals surface area contributed by atoms with Gasteiger partial charge in [0.05, 0.1) is 21.6 Å². The SMILES string of the molecule is Cc1c(C(=O)Oc2ccc(Br)c3cccnc23)oc2c1/C(=N/Nc1ccc([N+](=O)[O-])cc1[N+](=O)[O-])CCC2. The summed E-state index contributed by atoms with van der Waals surface area (Å²) in [5.41, 5.74) is 3.96. The number of non-ortho nitro benzene ring substituents is 1. The van der Waals surface area contributed by atoms with Gasteiger partial charge in [-0.3, -0.25) is 30.6 Å². The number of hydrogen-bond acceptors (Lipinski definition) is 10. The summed E-state index contributed by atoms with van der Waals surface area (Å²) in [6, 6.07) is 10.3. The Balaban J connectivity index is 1.45. The van der Waals surface area contributed by atoms with Crippen molar-refractivity contribution in [2.24, 2.45) is 5.10 Å². The maximum absolute atomic E-state index is 13.1. The zero-order chi connectivity index (χ0) is 27.0. The van der Waals surface area contributed by atoms with E-state index in [2.05, 4.69) is 31.4 Å². The van der Waals surface area contributed by atoms with Crippen LogP contribution in [0.5, 0.6) is 5.75 Å².